The molecule has 2 N–H and O–H groups in total. The Kier molecular flexibility index (Phi) is 4.83. The fourth-order valence-corrected chi connectivity index (χ4v) is 2.55. The summed E-state index contributed by atoms with van der Waals surface area (Å²) in [6.07, 6.45) is 1.73. The number of carbonyl (C=O) groups is 1. The lowest BCUT2D eigenvalue weighted by atomic mass is 9.98. The van der Waals surface area contributed by atoms with Gasteiger partial charge in [0, 0.05) is 17.6 Å². The van der Waals surface area contributed by atoms with Crippen molar-refractivity contribution in [3.05, 3.63) is 34.9 Å². The predicted molar refractivity (Wildman–Crippen MR) is 78.3 cm³/mol. The molecule has 0 aromatic heterocycles. The third-order valence-electron chi connectivity index (χ3n) is 3.38. The molecule has 104 valence electrons. The zero-order valence-electron chi connectivity index (χ0n) is 11.4. The van der Waals surface area contributed by atoms with Crippen LogP contribution in [0.5, 0.6) is 0 Å². The summed E-state index contributed by atoms with van der Waals surface area (Å²) in [7, 11) is 0. The van der Waals surface area contributed by atoms with E-state index >= 15 is 0 Å². The van der Waals surface area contributed by atoms with Crippen LogP contribution in [0.15, 0.2) is 24.3 Å². The van der Waals surface area contributed by atoms with Crippen molar-refractivity contribution < 1.29 is 4.79 Å². The SMILES string of the molecule is CC(C)C[C@@H]1NC[C@H](Cc2ccc(Cl)cc2)NC1=O. The van der Waals surface area contributed by atoms with Crippen molar-refractivity contribution >= 4 is 17.5 Å². The van der Waals surface area contributed by atoms with Gasteiger partial charge in [0.25, 0.3) is 0 Å². The van der Waals surface area contributed by atoms with Crippen LogP contribution >= 0.6 is 11.6 Å². The van der Waals surface area contributed by atoms with E-state index in [0.717, 1.165) is 24.4 Å². The van der Waals surface area contributed by atoms with Gasteiger partial charge in [0.2, 0.25) is 5.91 Å². The molecule has 1 aliphatic heterocycles. The number of nitrogens with one attached hydrogen (secondary N) is 2. The second-order valence-electron chi connectivity index (χ2n) is 5.63. The number of hydrogen-bond donors (Lipinski definition) is 2. The second kappa shape index (κ2) is 6.40. The third kappa shape index (κ3) is 4.22. The van der Waals surface area contributed by atoms with Crippen molar-refractivity contribution in [2.45, 2.75) is 38.8 Å². The molecule has 1 aromatic rings. The zero-order valence-corrected chi connectivity index (χ0v) is 12.2. The van der Waals surface area contributed by atoms with E-state index in [1.165, 1.54) is 5.56 Å². The van der Waals surface area contributed by atoms with Crippen LogP contribution in [0.3, 0.4) is 0 Å². The monoisotopic (exact) mass is 280 g/mol. The summed E-state index contributed by atoms with van der Waals surface area (Å²) in [6, 6.07) is 7.91. The minimum atomic E-state index is -0.0403. The molecule has 1 amide bonds. The first-order valence-electron chi connectivity index (χ1n) is 6.83. The molecular weight excluding hydrogens is 260 g/mol. The molecule has 0 bridgehead atoms. The predicted octanol–water partition coefficient (Wildman–Crippen LogP) is 2.39. The number of carbonyl (C=O) groups excluding carboxylic acids is 1. The molecule has 0 aliphatic carbocycles. The van der Waals surface area contributed by atoms with Gasteiger partial charge in [0.15, 0.2) is 0 Å². The lowest BCUT2D eigenvalue weighted by molar-refractivity contribution is -0.125. The van der Waals surface area contributed by atoms with Gasteiger partial charge >= 0.3 is 0 Å². The second-order valence-corrected chi connectivity index (χ2v) is 6.06. The van der Waals surface area contributed by atoms with Crippen molar-refractivity contribution in [2.24, 2.45) is 5.92 Å². The van der Waals surface area contributed by atoms with Gasteiger partial charge in [-0.2, -0.15) is 0 Å². The lowest BCUT2D eigenvalue weighted by Crippen LogP contribution is -2.59. The molecule has 0 spiro atoms. The van der Waals surface area contributed by atoms with Crippen LogP contribution in [0.25, 0.3) is 0 Å². The number of halogens is 1. The first kappa shape index (κ1) is 14.4. The van der Waals surface area contributed by atoms with Crippen LogP contribution in [-0.4, -0.2) is 24.5 Å². The van der Waals surface area contributed by atoms with Crippen molar-refractivity contribution in [1.29, 1.82) is 0 Å². The Bertz CT molecular complexity index is 430. The van der Waals surface area contributed by atoms with E-state index in [0.29, 0.717) is 5.92 Å². The highest BCUT2D eigenvalue weighted by atomic mass is 35.5. The summed E-state index contributed by atoms with van der Waals surface area (Å²) in [4.78, 5) is 12.0. The van der Waals surface area contributed by atoms with Crippen LogP contribution < -0.4 is 10.6 Å². The Hall–Kier alpha value is -1.06. The smallest absolute Gasteiger partial charge is 0.237 e. The largest absolute Gasteiger partial charge is 0.350 e. The van der Waals surface area contributed by atoms with Crippen LogP contribution in [0.4, 0.5) is 0 Å². The van der Waals surface area contributed by atoms with E-state index in [2.05, 4.69) is 24.5 Å². The average molecular weight is 281 g/mol. The highest BCUT2D eigenvalue weighted by Gasteiger charge is 2.27. The maximum absolute atomic E-state index is 12.0. The van der Waals surface area contributed by atoms with Gasteiger partial charge < -0.3 is 10.6 Å². The molecule has 1 aromatic carbocycles. The fraction of sp³-hybridized carbons (Fsp3) is 0.533. The normalized spacial score (nSPS) is 23.5. The van der Waals surface area contributed by atoms with Gasteiger partial charge in [-0.3, -0.25) is 4.79 Å². The van der Waals surface area contributed by atoms with Gasteiger partial charge in [-0.15, -0.1) is 0 Å². The number of hydrogen-bond acceptors (Lipinski definition) is 2. The lowest BCUT2D eigenvalue weighted by Gasteiger charge is -2.31. The molecule has 1 fully saturated rings. The van der Waals surface area contributed by atoms with E-state index in [1.807, 2.05) is 24.3 Å². The Balaban J connectivity index is 1.88. The van der Waals surface area contributed by atoms with Crippen LogP contribution in [0.1, 0.15) is 25.8 Å². The van der Waals surface area contributed by atoms with Gasteiger partial charge in [0.05, 0.1) is 6.04 Å². The van der Waals surface area contributed by atoms with E-state index in [1.54, 1.807) is 0 Å². The van der Waals surface area contributed by atoms with Crippen molar-refractivity contribution in [2.75, 3.05) is 6.54 Å². The number of piperazine rings is 1. The molecule has 2 atom stereocenters. The Labute approximate surface area is 119 Å². The van der Waals surface area contributed by atoms with E-state index in [9.17, 15) is 4.79 Å². The Morgan fingerprint density at radius 3 is 2.58 bits per heavy atom. The molecular formula is C15H21ClN2O. The Morgan fingerprint density at radius 1 is 1.32 bits per heavy atom. The summed E-state index contributed by atoms with van der Waals surface area (Å²) in [5, 5.41) is 7.19. The van der Waals surface area contributed by atoms with Crippen LogP contribution in [-0.2, 0) is 11.2 Å². The molecule has 3 nitrogen and oxygen atoms in total. The topological polar surface area (TPSA) is 41.1 Å². The van der Waals surface area contributed by atoms with Crippen molar-refractivity contribution in [1.82, 2.24) is 10.6 Å². The summed E-state index contributed by atoms with van der Waals surface area (Å²) in [5.41, 5.74) is 1.19. The number of amides is 1. The van der Waals surface area contributed by atoms with E-state index < -0.39 is 0 Å². The van der Waals surface area contributed by atoms with Crippen LogP contribution in [0.2, 0.25) is 5.02 Å². The maximum atomic E-state index is 12.0. The molecule has 1 heterocycles. The zero-order chi connectivity index (χ0) is 13.8. The van der Waals surface area contributed by atoms with Crippen LogP contribution in [0, 0.1) is 5.92 Å². The van der Waals surface area contributed by atoms with Gasteiger partial charge in [-0.1, -0.05) is 37.6 Å². The summed E-state index contributed by atoms with van der Waals surface area (Å²) < 4.78 is 0. The minimum absolute atomic E-state index is 0.0403. The van der Waals surface area contributed by atoms with Crippen molar-refractivity contribution in [3.63, 3.8) is 0 Å². The molecule has 2 rings (SSSR count). The van der Waals surface area contributed by atoms with Gasteiger partial charge in [-0.05, 0) is 36.5 Å². The molecule has 4 heteroatoms. The highest BCUT2D eigenvalue weighted by Crippen LogP contribution is 2.13. The number of benzene rings is 1. The molecule has 19 heavy (non-hydrogen) atoms. The summed E-state index contributed by atoms with van der Waals surface area (Å²) in [6.45, 7) is 5.09. The first-order valence-corrected chi connectivity index (χ1v) is 7.20. The average Bonchev–Trinajstić information content (AvgIpc) is 2.35. The summed E-state index contributed by atoms with van der Waals surface area (Å²) in [5.74, 6) is 0.648. The molecule has 1 saturated heterocycles. The van der Waals surface area contributed by atoms with Gasteiger partial charge in [-0.25, -0.2) is 0 Å². The quantitative estimate of drug-likeness (QED) is 0.889. The minimum Gasteiger partial charge on any atom is -0.350 e. The maximum Gasteiger partial charge on any atom is 0.237 e. The first-order chi connectivity index (χ1) is 9.04. The van der Waals surface area contributed by atoms with Gasteiger partial charge in [0.1, 0.15) is 0 Å². The fourth-order valence-electron chi connectivity index (χ4n) is 2.42. The summed E-state index contributed by atoms with van der Waals surface area (Å²) >= 11 is 5.86. The number of rotatable bonds is 4. The molecule has 0 radical (unpaired) electrons. The standard InChI is InChI=1S/C15H21ClN2O/c1-10(2)7-14-15(19)18-13(9-17-14)8-11-3-5-12(16)6-4-11/h3-6,10,13-14,17H,7-9H2,1-2H3,(H,18,19)/t13-,14-/m0/s1. The molecule has 0 saturated carbocycles. The third-order valence-corrected chi connectivity index (χ3v) is 3.63. The van der Waals surface area contributed by atoms with E-state index in [-0.39, 0.29) is 18.0 Å². The van der Waals surface area contributed by atoms with E-state index in [4.69, 9.17) is 11.6 Å². The Morgan fingerprint density at radius 2 is 2.00 bits per heavy atom. The molecule has 0 unspecified atom stereocenters. The van der Waals surface area contributed by atoms with Crippen molar-refractivity contribution in [3.8, 4) is 0 Å². The molecule has 1 aliphatic rings. The highest BCUT2D eigenvalue weighted by molar-refractivity contribution is 6.30.